The maximum absolute atomic E-state index is 5.87. The normalized spacial score (nSPS) is 34.3. The van der Waals surface area contributed by atoms with Gasteiger partial charge in [0.1, 0.15) is 0 Å². The Morgan fingerprint density at radius 1 is 1.14 bits per heavy atom. The van der Waals surface area contributed by atoms with Crippen LogP contribution in [0.4, 0.5) is 0 Å². The lowest BCUT2D eigenvalue weighted by Gasteiger charge is -2.44. The van der Waals surface area contributed by atoms with Crippen molar-refractivity contribution >= 4 is 0 Å². The Morgan fingerprint density at radius 3 is 2.50 bits per heavy atom. The van der Waals surface area contributed by atoms with Gasteiger partial charge in [0.2, 0.25) is 0 Å². The molecule has 0 aromatic rings. The zero-order chi connectivity index (χ0) is 10.0. The van der Waals surface area contributed by atoms with Crippen LogP contribution in [0.25, 0.3) is 0 Å². The Kier molecular flexibility index (Phi) is 3.13. The molecule has 1 saturated carbocycles. The predicted molar refractivity (Wildman–Crippen MR) is 58.4 cm³/mol. The van der Waals surface area contributed by atoms with Crippen molar-refractivity contribution in [1.29, 1.82) is 0 Å². The number of rotatable bonds is 1. The molecule has 1 heterocycles. The van der Waals surface area contributed by atoms with Gasteiger partial charge in [-0.25, -0.2) is 0 Å². The fourth-order valence-corrected chi connectivity index (χ4v) is 3.07. The molecule has 0 amide bonds. The van der Waals surface area contributed by atoms with E-state index in [0.29, 0.717) is 6.04 Å². The van der Waals surface area contributed by atoms with Crippen molar-refractivity contribution in [2.45, 2.75) is 57.6 Å². The van der Waals surface area contributed by atoms with Gasteiger partial charge in [0.15, 0.2) is 0 Å². The van der Waals surface area contributed by atoms with Crippen molar-refractivity contribution in [1.82, 2.24) is 5.32 Å². The van der Waals surface area contributed by atoms with E-state index in [0.717, 1.165) is 19.1 Å². The molecule has 2 rings (SSSR count). The molecular weight excluding hydrogens is 174 g/mol. The van der Waals surface area contributed by atoms with Gasteiger partial charge in [0.25, 0.3) is 0 Å². The highest BCUT2D eigenvalue weighted by Crippen LogP contribution is 2.33. The SMILES string of the molecule is CC1(C)OCCNC1C1CCCCC1. The summed E-state index contributed by atoms with van der Waals surface area (Å²) in [5.74, 6) is 0.846. The van der Waals surface area contributed by atoms with Gasteiger partial charge in [-0.3, -0.25) is 0 Å². The largest absolute Gasteiger partial charge is 0.373 e. The quantitative estimate of drug-likeness (QED) is 0.696. The molecule has 1 unspecified atom stereocenters. The van der Waals surface area contributed by atoms with E-state index in [1.165, 1.54) is 32.1 Å². The lowest BCUT2D eigenvalue weighted by atomic mass is 9.77. The van der Waals surface area contributed by atoms with Crippen molar-refractivity contribution < 1.29 is 4.74 Å². The molecule has 2 fully saturated rings. The summed E-state index contributed by atoms with van der Waals surface area (Å²) in [6.45, 7) is 6.37. The van der Waals surface area contributed by atoms with E-state index < -0.39 is 0 Å². The summed E-state index contributed by atoms with van der Waals surface area (Å²) in [7, 11) is 0. The first kappa shape index (κ1) is 10.4. The lowest BCUT2D eigenvalue weighted by molar-refractivity contribution is -0.0894. The average Bonchev–Trinajstić information content (AvgIpc) is 2.18. The monoisotopic (exact) mass is 197 g/mol. The third-order valence-electron chi connectivity index (χ3n) is 3.81. The first-order valence-electron chi connectivity index (χ1n) is 6.07. The Balaban J connectivity index is 1.99. The minimum atomic E-state index is 0.0419. The van der Waals surface area contributed by atoms with Crippen molar-refractivity contribution in [3.8, 4) is 0 Å². The molecule has 2 heteroatoms. The smallest absolute Gasteiger partial charge is 0.0782 e. The van der Waals surface area contributed by atoms with Gasteiger partial charge in [-0.1, -0.05) is 19.3 Å². The highest BCUT2D eigenvalue weighted by Gasteiger charge is 2.38. The third-order valence-corrected chi connectivity index (χ3v) is 3.81. The van der Waals surface area contributed by atoms with Crippen LogP contribution in [-0.2, 0) is 4.74 Å². The molecule has 1 saturated heterocycles. The molecule has 0 aromatic carbocycles. The predicted octanol–water partition coefficient (Wildman–Crippen LogP) is 2.33. The summed E-state index contributed by atoms with van der Waals surface area (Å²) in [4.78, 5) is 0. The summed E-state index contributed by atoms with van der Waals surface area (Å²) in [5, 5.41) is 3.65. The molecule has 0 radical (unpaired) electrons. The van der Waals surface area contributed by atoms with Crippen molar-refractivity contribution in [2.75, 3.05) is 13.2 Å². The highest BCUT2D eigenvalue weighted by atomic mass is 16.5. The number of ether oxygens (including phenoxy) is 1. The van der Waals surface area contributed by atoms with Gasteiger partial charge in [0, 0.05) is 12.6 Å². The van der Waals surface area contributed by atoms with E-state index in [2.05, 4.69) is 19.2 Å². The molecule has 2 nitrogen and oxygen atoms in total. The minimum absolute atomic E-state index is 0.0419. The van der Waals surface area contributed by atoms with Gasteiger partial charge < -0.3 is 10.1 Å². The number of nitrogens with one attached hydrogen (secondary N) is 1. The van der Waals surface area contributed by atoms with Crippen molar-refractivity contribution in [3.63, 3.8) is 0 Å². The number of hydrogen-bond donors (Lipinski definition) is 1. The van der Waals surface area contributed by atoms with E-state index >= 15 is 0 Å². The summed E-state index contributed by atoms with van der Waals surface area (Å²) in [6, 6.07) is 0.580. The first-order chi connectivity index (χ1) is 6.70. The van der Waals surface area contributed by atoms with E-state index in [9.17, 15) is 0 Å². The van der Waals surface area contributed by atoms with Crippen LogP contribution in [-0.4, -0.2) is 24.8 Å². The highest BCUT2D eigenvalue weighted by molar-refractivity contribution is 4.94. The Labute approximate surface area is 87.4 Å². The van der Waals surface area contributed by atoms with Crippen LogP contribution in [0.15, 0.2) is 0 Å². The maximum atomic E-state index is 5.87. The first-order valence-corrected chi connectivity index (χ1v) is 6.07. The van der Waals surface area contributed by atoms with Gasteiger partial charge in [-0.2, -0.15) is 0 Å². The Morgan fingerprint density at radius 2 is 1.86 bits per heavy atom. The molecule has 1 atom stereocenters. The third kappa shape index (κ3) is 2.12. The van der Waals surface area contributed by atoms with Crippen LogP contribution in [0.5, 0.6) is 0 Å². The average molecular weight is 197 g/mol. The minimum Gasteiger partial charge on any atom is -0.373 e. The molecule has 0 aromatic heterocycles. The van der Waals surface area contributed by atoms with Crippen molar-refractivity contribution in [2.24, 2.45) is 5.92 Å². The van der Waals surface area contributed by atoms with Crippen LogP contribution in [0.2, 0.25) is 0 Å². The molecule has 1 aliphatic carbocycles. The van der Waals surface area contributed by atoms with Crippen molar-refractivity contribution in [3.05, 3.63) is 0 Å². The fourth-order valence-electron chi connectivity index (χ4n) is 3.07. The molecule has 2 aliphatic rings. The number of morpholine rings is 1. The van der Waals surface area contributed by atoms with Crippen LogP contribution in [0.3, 0.4) is 0 Å². The van der Waals surface area contributed by atoms with Crippen LogP contribution in [0, 0.1) is 5.92 Å². The van der Waals surface area contributed by atoms with Crippen LogP contribution >= 0.6 is 0 Å². The second-order valence-corrected chi connectivity index (χ2v) is 5.28. The molecule has 14 heavy (non-hydrogen) atoms. The second kappa shape index (κ2) is 4.19. The van der Waals surface area contributed by atoms with Crippen LogP contribution < -0.4 is 5.32 Å². The summed E-state index contributed by atoms with van der Waals surface area (Å²) >= 11 is 0. The van der Waals surface area contributed by atoms with Crippen LogP contribution in [0.1, 0.15) is 46.0 Å². The van der Waals surface area contributed by atoms with E-state index in [4.69, 9.17) is 4.74 Å². The van der Waals surface area contributed by atoms with E-state index in [-0.39, 0.29) is 5.60 Å². The second-order valence-electron chi connectivity index (χ2n) is 5.28. The summed E-state index contributed by atoms with van der Waals surface area (Å²) in [6.07, 6.45) is 7.05. The van der Waals surface area contributed by atoms with Gasteiger partial charge in [-0.05, 0) is 32.6 Å². The zero-order valence-corrected chi connectivity index (χ0v) is 9.51. The van der Waals surface area contributed by atoms with Gasteiger partial charge >= 0.3 is 0 Å². The Hall–Kier alpha value is -0.0800. The molecule has 82 valence electrons. The van der Waals surface area contributed by atoms with Gasteiger partial charge in [-0.15, -0.1) is 0 Å². The topological polar surface area (TPSA) is 21.3 Å². The molecular formula is C12H23NO. The standard InChI is InChI=1S/C12H23NO/c1-12(2)11(13-8-9-14-12)10-6-4-3-5-7-10/h10-11,13H,3-9H2,1-2H3. The Bertz CT molecular complexity index is 185. The molecule has 1 N–H and O–H groups in total. The summed E-state index contributed by atoms with van der Waals surface area (Å²) in [5.41, 5.74) is 0.0419. The lowest BCUT2D eigenvalue weighted by Crippen LogP contribution is -2.58. The van der Waals surface area contributed by atoms with E-state index in [1.807, 2.05) is 0 Å². The maximum Gasteiger partial charge on any atom is 0.0782 e. The van der Waals surface area contributed by atoms with Gasteiger partial charge in [0.05, 0.1) is 12.2 Å². The van der Waals surface area contributed by atoms with E-state index in [1.54, 1.807) is 0 Å². The molecule has 0 bridgehead atoms. The zero-order valence-electron chi connectivity index (χ0n) is 9.51. The summed E-state index contributed by atoms with van der Waals surface area (Å²) < 4.78 is 5.87. The molecule has 0 spiro atoms. The molecule has 1 aliphatic heterocycles. The fraction of sp³-hybridized carbons (Fsp3) is 1.00. The number of hydrogen-bond acceptors (Lipinski definition) is 2.